The topological polar surface area (TPSA) is 37.4 Å². The van der Waals surface area contributed by atoms with E-state index in [0.29, 0.717) is 5.56 Å². The minimum atomic E-state index is -4.39. The molecule has 0 saturated carbocycles. The molecule has 1 heterocycles. The molecular weight excluding hydrogens is 279 g/mol. The van der Waals surface area contributed by atoms with Crippen LogP contribution in [-0.4, -0.2) is 22.2 Å². The van der Waals surface area contributed by atoms with Crippen molar-refractivity contribution < 1.29 is 22.8 Å². The number of carbonyl (C=O) groups is 2. The number of thioether (sulfide) groups is 1. The molecule has 1 aromatic rings. The minimum absolute atomic E-state index is 0.0162. The number of rotatable bonds is 3. The van der Waals surface area contributed by atoms with Crippen molar-refractivity contribution in [1.82, 2.24) is 4.90 Å². The first kappa shape index (κ1) is 13.9. The molecule has 19 heavy (non-hydrogen) atoms. The second kappa shape index (κ2) is 5.24. The van der Waals surface area contributed by atoms with Gasteiger partial charge in [-0.05, 0) is 23.4 Å². The summed E-state index contributed by atoms with van der Waals surface area (Å²) in [5, 5.41) is 0. The highest BCUT2D eigenvalue weighted by Crippen LogP contribution is 2.38. The third kappa shape index (κ3) is 3.50. The zero-order chi connectivity index (χ0) is 14.0. The Kier molecular flexibility index (Phi) is 3.84. The number of halogens is 3. The number of amides is 2. The molecule has 2 amide bonds. The van der Waals surface area contributed by atoms with Crippen molar-refractivity contribution in [1.29, 1.82) is 0 Å². The van der Waals surface area contributed by atoms with Crippen molar-refractivity contribution in [2.75, 3.05) is 0 Å². The molecule has 1 saturated heterocycles. The highest BCUT2D eigenvalue weighted by molar-refractivity contribution is 8.00. The zero-order valence-corrected chi connectivity index (χ0v) is 10.6. The third-order valence-electron chi connectivity index (χ3n) is 2.68. The maximum absolute atomic E-state index is 12.4. The molecule has 2 rings (SSSR count). The molecule has 0 aromatic heterocycles. The molecule has 1 aliphatic heterocycles. The number of hydrogen-bond donors (Lipinski definition) is 0. The van der Waals surface area contributed by atoms with E-state index >= 15 is 0 Å². The fraction of sp³-hybridized carbons (Fsp3) is 0.333. The molecule has 0 atom stereocenters. The summed E-state index contributed by atoms with van der Waals surface area (Å²) in [5.41, 5.74) is -4.07. The van der Waals surface area contributed by atoms with Crippen LogP contribution in [0.5, 0.6) is 0 Å². The lowest BCUT2D eigenvalue weighted by Crippen LogP contribution is -2.28. The molecule has 1 aliphatic rings. The number of imide groups is 1. The van der Waals surface area contributed by atoms with Gasteiger partial charge in [-0.3, -0.25) is 14.5 Å². The quantitative estimate of drug-likeness (QED) is 0.634. The van der Waals surface area contributed by atoms with Crippen LogP contribution in [0.1, 0.15) is 18.4 Å². The summed E-state index contributed by atoms with van der Waals surface area (Å²) in [6.07, 6.45) is 0.265. The molecule has 0 unspecified atom stereocenters. The normalized spacial score (nSPS) is 16.3. The first-order valence-corrected chi connectivity index (χ1v) is 6.35. The Balaban J connectivity index is 2.20. The third-order valence-corrected chi connectivity index (χ3v) is 3.53. The average molecular weight is 289 g/mol. The van der Waals surface area contributed by atoms with E-state index in [1.54, 1.807) is 6.07 Å². The maximum Gasteiger partial charge on any atom is 0.446 e. The number of likely N-dealkylation sites (tertiary alicyclic amines) is 1. The van der Waals surface area contributed by atoms with Gasteiger partial charge in [-0.15, -0.1) is 0 Å². The Hall–Kier alpha value is -1.50. The van der Waals surface area contributed by atoms with Crippen LogP contribution in [0.4, 0.5) is 13.2 Å². The summed E-state index contributed by atoms with van der Waals surface area (Å²) in [7, 11) is 0. The second-order valence-corrected chi connectivity index (χ2v) is 5.14. The van der Waals surface area contributed by atoms with Crippen molar-refractivity contribution >= 4 is 23.6 Å². The van der Waals surface area contributed by atoms with E-state index < -0.39 is 5.51 Å². The summed E-state index contributed by atoms with van der Waals surface area (Å²) in [6.45, 7) is -0.100. The first-order valence-electron chi connectivity index (χ1n) is 5.53. The number of alkyl halides is 3. The van der Waals surface area contributed by atoms with E-state index in [2.05, 4.69) is 0 Å². The van der Waals surface area contributed by atoms with Gasteiger partial charge in [0.1, 0.15) is 0 Å². The fourth-order valence-electron chi connectivity index (χ4n) is 1.83. The van der Waals surface area contributed by atoms with Crippen LogP contribution >= 0.6 is 11.8 Å². The Bertz CT molecular complexity index is 500. The van der Waals surface area contributed by atoms with E-state index in [0.717, 1.165) is 4.90 Å². The Morgan fingerprint density at radius 3 is 2.26 bits per heavy atom. The highest BCUT2D eigenvalue weighted by atomic mass is 32.2. The monoisotopic (exact) mass is 289 g/mol. The van der Waals surface area contributed by atoms with Crippen LogP contribution in [0, 0.1) is 0 Å². The smallest absolute Gasteiger partial charge is 0.278 e. The number of hydrogen-bond acceptors (Lipinski definition) is 3. The molecule has 7 heteroatoms. The van der Waals surface area contributed by atoms with Gasteiger partial charge in [0, 0.05) is 17.7 Å². The van der Waals surface area contributed by atoms with Gasteiger partial charge in [0.25, 0.3) is 0 Å². The van der Waals surface area contributed by atoms with E-state index in [9.17, 15) is 22.8 Å². The molecule has 0 bridgehead atoms. The fourth-order valence-corrected chi connectivity index (χ4v) is 2.49. The van der Waals surface area contributed by atoms with Gasteiger partial charge in [0.2, 0.25) is 11.8 Å². The number of carbonyl (C=O) groups excluding carboxylic acids is 2. The molecule has 0 radical (unpaired) electrons. The lowest BCUT2D eigenvalue weighted by molar-refractivity contribution is -0.139. The van der Waals surface area contributed by atoms with Crippen LogP contribution in [0.25, 0.3) is 0 Å². The maximum atomic E-state index is 12.4. The predicted octanol–water partition coefficient (Wildman–Crippen LogP) is 2.95. The Labute approximate surface area is 111 Å². The zero-order valence-electron chi connectivity index (χ0n) is 9.74. The van der Waals surface area contributed by atoms with Crippen molar-refractivity contribution in [2.45, 2.75) is 29.8 Å². The van der Waals surface area contributed by atoms with Crippen LogP contribution < -0.4 is 0 Å². The van der Waals surface area contributed by atoms with Crippen LogP contribution in [0.2, 0.25) is 0 Å². The van der Waals surface area contributed by atoms with Gasteiger partial charge in [-0.2, -0.15) is 13.2 Å². The lowest BCUT2D eigenvalue weighted by atomic mass is 10.2. The van der Waals surface area contributed by atoms with Gasteiger partial charge < -0.3 is 0 Å². The van der Waals surface area contributed by atoms with Crippen molar-refractivity contribution in [2.24, 2.45) is 0 Å². The van der Waals surface area contributed by atoms with Gasteiger partial charge in [0.05, 0.1) is 6.54 Å². The average Bonchev–Trinajstić information content (AvgIpc) is 2.61. The van der Waals surface area contributed by atoms with Gasteiger partial charge >= 0.3 is 5.51 Å². The summed E-state index contributed by atoms with van der Waals surface area (Å²) in [4.78, 5) is 23.9. The molecular formula is C12H10F3NO2S. The van der Waals surface area contributed by atoms with E-state index in [1.165, 1.54) is 18.2 Å². The molecule has 0 aliphatic carbocycles. The summed E-state index contributed by atoms with van der Waals surface area (Å²) in [6, 6.07) is 5.90. The van der Waals surface area contributed by atoms with Crippen molar-refractivity contribution in [3.05, 3.63) is 29.8 Å². The van der Waals surface area contributed by atoms with Crippen molar-refractivity contribution in [3.63, 3.8) is 0 Å². The molecule has 3 nitrogen and oxygen atoms in total. The molecule has 1 aromatic carbocycles. The summed E-state index contributed by atoms with van der Waals surface area (Å²) >= 11 is -0.236. The van der Waals surface area contributed by atoms with Gasteiger partial charge in [0.15, 0.2) is 0 Å². The van der Waals surface area contributed by atoms with Gasteiger partial charge in [-0.1, -0.05) is 18.2 Å². The molecule has 102 valence electrons. The predicted molar refractivity (Wildman–Crippen MR) is 63.1 cm³/mol. The van der Waals surface area contributed by atoms with E-state index in [-0.39, 0.29) is 47.9 Å². The van der Waals surface area contributed by atoms with Crippen LogP contribution in [-0.2, 0) is 16.1 Å². The standard InChI is InChI=1S/C12H10F3NO2S/c13-12(14,15)19-9-4-2-1-3-8(9)7-16-10(17)5-6-11(16)18/h1-4H,5-7H2. The minimum Gasteiger partial charge on any atom is -0.278 e. The van der Waals surface area contributed by atoms with E-state index in [4.69, 9.17) is 0 Å². The number of benzene rings is 1. The largest absolute Gasteiger partial charge is 0.446 e. The summed E-state index contributed by atoms with van der Waals surface area (Å²) < 4.78 is 37.2. The van der Waals surface area contributed by atoms with E-state index in [1.807, 2.05) is 0 Å². The Morgan fingerprint density at radius 2 is 1.68 bits per heavy atom. The Morgan fingerprint density at radius 1 is 1.11 bits per heavy atom. The molecule has 1 fully saturated rings. The van der Waals surface area contributed by atoms with Crippen LogP contribution in [0.3, 0.4) is 0 Å². The molecule has 0 spiro atoms. The molecule has 0 N–H and O–H groups in total. The lowest BCUT2D eigenvalue weighted by Gasteiger charge is -2.16. The SMILES string of the molecule is O=C1CCC(=O)N1Cc1ccccc1SC(F)(F)F. The summed E-state index contributed by atoms with van der Waals surface area (Å²) in [5.74, 6) is -0.673. The van der Waals surface area contributed by atoms with Gasteiger partial charge in [-0.25, -0.2) is 0 Å². The second-order valence-electron chi connectivity index (χ2n) is 4.03. The first-order chi connectivity index (χ1) is 8.87. The highest BCUT2D eigenvalue weighted by Gasteiger charge is 2.32. The van der Waals surface area contributed by atoms with Crippen molar-refractivity contribution in [3.8, 4) is 0 Å². The number of nitrogens with zero attached hydrogens (tertiary/aromatic N) is 1. The van der Waals surface area contributed by atoms with Crippen LogP contribution in [0.15, 0.2) is 29.2 Å².